The third-order valence-electron chi connectivity index (χ3n) is 5.86. The van der Waals surface area contributed by atoms with Crippen molar-refractivity contribution >= 4 is 40.9 Å². The summed E-state index contributed by atoms with van der Waals surface area (Å²) in [6, 6.07) is 12.3. The van der Waals surface area contributed by atoms with Gasteiger partial charge in [-0.2, -0.15) is 0 Å². The van der Waals surface area contributed by atoms with Crippen LogP contribution < -0.4 is 16.0 Å². The van der Waals surface area contributed by atoms with Crippen LogP contribution in [0.5, 0.6) is 0 Å². The molecule has 9 heteroatoms. The van der Waals surface area contributed by atoms with Gasteiger partial charge in [-0.25, -0.2) is 0 Å². The third kappa shape index (κ3) is 5.71. The second-order valence-electron chi connectivity index (χ2n) is 9.00. The zero-order chi connectivity index (χ0) is 24.2. The van der Waals surface area contributed by atoms with Crippen LogP contribution in [-0.2, 0) is 14.3 Å². The van der Waals surface area contributed by atoms with Crippen LogP contribution >= 0.6 is 11.8 Å². The molecule has 2 aliphatic heterocycles. The Kier molecular flexibility index (Phi) is 7.43. The van der Waals surface area contributed by atoms with Crippen molar-refractivity contribution in [2.75, 3.05) is 11.9 Å². The van der Waals surface area contributed by atoms with Crippen LogP contribution in [0.4, 0.5) is 11.4 Å². The van der Waals surface area contributed by atoms with Gasteiger partial charge in [0.2, 0.25) is 5.91 Å². The zero-order valence-corrected chi connectivity index (χ0v) is 20.0. The van der Waals surface area contributed by atoms with Gasteiger partial charge in [0, 0.05) is 22.0 Å². The number of para-hydroxylation sites is 1. The highest BCUT2D eigenvalue weighted by Crippen LogP contribution is 2.44. The molecule has 0 saturated carbocycles. The van der Waals surface area contributed by atoms with Crippen LogP contribution in [-0.4, -0.2) is 47.7 Å². The van der Waals surface area contributed by atoms with E-state index in [0.29, 0.717) is 25.0 Å². The van der Waals surface area contributed by atoms with Crippen molar-refractivity contribution in [1.82, 2.24) is 10.6 Å². The summed E-state index contributed by atoms with van der Waals surface area (Å²) in [6.07, 6.45) is 0.266. The van der Waals surface area contributed by atoms with Gasteiger partial charge in [0.15, 0.2) is 0 Å². The number of aliphatic carboxylic acids is 1. The number of ether oxygens (including phenoxy) is 1. The number of rotatable bonds is 8. The number of carbonyl (C=O) groups is 3. The van der Waals surface area contributed by atoms with E-state index in [0.717, 1.165) is 21.2 Å². The monoisotopic (exact) mass is 483 g/mol. The number of benzene rings is 2. The van der Waals surface area contributed by atoms with Gasteiger partial charge in [0.05, 0.1) is 29.9 Å². The maximum atomic E-state index is 13.1. The lowest BCUT2D eigenvalue weighted by molar-refractivity contribution is -0.140. The Morgan fingerprint density at radius 2 is 1.91 bits per heavy atom. The van der Waals surface area contributed by atoms with E-state index < -0.39 is 18.1 Å². The Morgan fingerprint density at radius 3 is 2.68 bits per heavy atom. The van der Waals surface area contributed by atoms with Crippen molar-refractivity contribution in [2.24, 2.45) is 5.92 Å². The second-order valence-corrected chi connectivity index (χ2v) is 10.1. The molecule has 180 valence electrons. The van der Waals surface area contributed by atoms with E-state index in [-0.39, 0.29) is 30.2 Å². The van der Waals surface area contributed by atoms with E-state index >= 15 is 0 Å². The SMILES string of the molecule is CC(C)C[C@@H](NC(=O)c1ccc2c(c1)Nc1ccccc1S2)C(=O)N[C@H]1CCO[C@@H]1CC(=O)O. The summed E-state index contributed by atoms with van der Waals surface area (Å²) in [4.78, 5) is 39.4. The molecule has 2 amide bonds. The predicted molar refractivity (Wildman–Crippen MR) is 130 cm³/mol. The first-order chi connectivity index (χ1) is 16.3. The lowest BCUT2D eigenvalue weighted by atomic mass is 10.0. The van der Waals surface area contributed by atoms with Gasteiger partial charge in [0.25, 0.3) is 5.91 Å². The van der Waals surface area contributed by atoms with Crippen LogP contribution in [0, 0.1) is 5.92 Å². The smallest absolute Gasteiger partial charge is 0.306 e. The Balaban J connectivity index is 1.45. The lowest BCUT2D eigenvalue weighted by Gasteiger charge is -2.25. The maximum absolute atomic E-state index is 13.1. The van der Waals surface area contributed by atoms with E-state index in [1.165, 1.54) is 0 Å². The summed E-state index contributed by atoms with van der Waals surface area (Å²) in [6.45, 7) is 4.36. The molecule has 0 radical (unpaired) electrons. The molecular formula is C25H29N3O5S. The molecule has 1 saturated heterocycles. The molecule has 0 unspecified atom stereocenters. The van der Waals surface area contributed by atoms with Crippen LogP contribution in [0.1, 0.15) is 43.5 Å². The molecule has 0 bridgehead atoms. The van der Waals surface area contributed by atoms with E-state index in [1.54, 1.807) is 23.9 Å². The second kappa shape index (κ2) is 10.5. The molecule has 0 aromatic heterocycles. The van der Waals surface area contributed by atoms with Crippen LogP contribution in [0.25, 0.3) is 0 Å². The Morgan fingerprint density at radius 1 is 1.15 bits per heavy atom. The quantitative estimate of drug-likeness (QED) is 0.385. The number of carbonyl (C=O) groups excluding carboxylic acids is 2. The van der Waals surface area contributed by atoms with Crippen LogP contribution in [0.2, 0.25) is 0 Å². The minimum Gasteiger partial charge on any atom is -0.481 e. The lowest BCUT2D eigenvalue weighted by Crippen LogP contribution is -2.52. The van der Waals surface area contributed by atoms with E-state index in [1.807, 2.05) is 44.2 Å². The third-order valence-corrected chi connectivity index (χ3v) is 7.01. The summed E-state index contributed by atoms with van der Waals surface area (Å²) in [7, 11) is 0. The number of fused-ring (bicyclic) bond motifs is 2. The highest BCUT2D eigenvalue weighted by atomic mass is 32.2. The number of hydrogen-bond donors (Lipinski definition) is 4. The molecule has 0 aliphatic carbocycles. The molecule has 2 aliphatic rings. The normalized spacial score (nSPS) is 19.5. The van der Waals surface area contributed by atoms with Gasteiger partial charge in [-0.15, -0.1) is 0 Å². The van der Waals surface area contributed by atoms with Gasteiger partial charge in [-0.05, 0) is 49.1 Å². The van der Waals surface area contributed by atoms with Gasteiger partial charge in [-0.1, -0.05) is 37.7 Å². The Hall–Kier alpha value is -3.04. The maximum Gasteiger partial charge on any atom is 0.306 e. The summed E-state index contributed by atoms with van der Waals surface area (Å²) in [5, 5.41) is 18.2. The Labute approximate surface area is 202 Å². The largest absolute Gasteiger partial charge is 0.481 e. The number of amides is 2. The van der Waals surface area contributed by atoms with Gasteiger partial charge in [-0.3, -0.25) is 14.4 Å². The minimum absolute atomic E-state index is 0.170. The number of hydrogen-bond acceptors (Lipinski definition) is 6. The van der Waals surface area contributed by atoms with Crippen molar-refractivity contribution in [2.45, 2.75) is 61.1 Å². The number of carboxylic acids is 1. The van der Waals surface area contributed by atoms with Crippen molar-refractivity contribution < 1.29 is 24.2 Å². The molecule has 4 rings (SSSR count). The summed E-state index contributed by atoms with van der Waals surface area (Å²) in [5.74, 6) is -1.46. The van der Waals surface area contributed by atoms with Gasteiger partial charge >= 0.3 is 5.97 Å². The molecular weight excluding hydrogens is 454 g/mol. The van der Waals surface area contributed by atoms with E-state index in [9.17, 15) is 14.4 Å². The predicted octanol–water partition coefficient (Wildman–Crippen LogP) is 3.79. The number of carboxylic acid groups (broad SMARTS) is 1. The van der Waals surface area contributed by atoms with Crippen molar-refractivity contribution in [3.63, 3.8) is 0 Å². The molecule has 3 atom stereocenters. The number of nitrogens with one attached hydrogen (secondary N) is 3. The first-order valence-electron chi connectivity index (χ1n) is 11.4. The minimum atomic E-state index is -0.972. The summed E-state index contributed by atoms with van der Waals surface area (Å²) < 4.78 is 5.47. The highest BCUT2D eigenvalue weighted by molar-refractivity contribution is 7.99. The fraction of sp³-hybridized carbons (Fsp3) is 0.400. The Bertz CT molecular complexity index is 1090. The molecule has 2 aromatic carbocycles. The number of anilines is 2. The van der Waals surface area contributed by atoms with E-state index in [2.05, 4.69) is 16.0 Å². The molecule has 4 N–H and O–H groups in total. The molecule has 2 heterocycles. The zero-order valence-electron chi connectivity index (χ0n) is 19.2. The molecule has 2 aromatic rings. The highest BCUT2D eigenvalue weighted by Gasteiger charge is 2.33. The van der Waals surface area contributed by atoms with Gasteiger partial charge in [0.1, 0.15) is 6.04 Å². The fourth-order valence-electron chi connectivity index (χ4n) is 4.20. The average Bonchev–Trinajstić information content (AvgIpc) is 3.22. The molecule has 8 nitrogen and oxygen atoms in total. The van der Waals surface area contributed by atoms with Crippen LogP contribution in [0.3, 0.4) is 0 Å². The summed E-state index contributed by atoms with van der Waals surface area (Å²) >= 11 is 1.64. The van der Waals surface area contributed by atoms with Crippen molar-refractivity contribution in [3.8, 4) is 0 Å². The summed E-state index contributed by atoms with van der Waals surface area (Å²) in [5.41, 5.74) is 2.30. The van der Waals surface area contributed by atoms with Crippen molar-refractivity contribution in [3.05, 3.63) is 48.0 Å². The first-order valence-corrected chi connectivity index (χ1v) is 12.2. The fourth-order valence-corrected chi connectivity index (χ4v) is 5.16. The van der Waals surface area contributed by atoms with Gasteiger partial charge < -0.3 is 25.8 Å². The first kappa shape index (κ1) is 24.1. The van der Waals surface area contributed by atoms with E-state index in [4.69, 9.17) is 9.84 Å². The molecule has 0 spiro atoms. The topological polar surface area (TPSA) is 117 Å². The van der Waals surface area contributed by atoms with Crippen molar-refractivity contribution in [1.29, 1.82) is 0 Å². The molecule has 34 heavy (non-hydrogen) atoms. The standard InChI is InChI=1S/C25H29N3O5S/c1-14(2)11-19(25(32)27-16-9-10-33-20(16)13-23(29)30)28-24(31)15-7-8-22-18(12-15)26-17-5-3-4-6-21(17)34-22/h3-8,12,14,16,19-20,26H,9-11,13H2,1-2H3,(H,27,32)(H,28,31)(H,29,30)/t16-,19+,20+/m0/s1. The average molecular weight is 484 g/mol. The van der Waals surface area contributed by atoms with Crippen LogP contribution in [0.15, 0.2) is 52.3 Å². The molecule has 1 fully saturated rings.